The second kappa shape index (κ2) is 11.9. The quantitative estimate of drug-likeness (QED) is 0.366. The summed E-state index contributed by atoms with van der Waals surface area (Å²) in [5.74, 6) is 1.90. The van der Waals surface area contributed by atoms with Gasteiger partial charge < -0.3 is 14.8 Å². The van der Waals surface area contributed by atoms with Crippen LogP contribution < -0.4 is 19.1 Å². The van der Waals surface area contributed by atoms with E-state index in [0.717, 1.165) is 21.9 Å². The zero-order chi connectivity index (χ0) is 26.3. The molecular formula is C28H34N2O5S. The van der Waals surface area contributed by atoms with E-state index in [1.807, 2.05) is 54.6 Å². The number of hydrogen-bond donors (Lipinski definition) is 1. The molecule has 0 aromatic heterocycles. The van der Waals surface area contributed by atoms with Crippen molar-refractivity contribution in [3.8, 4) is 17.2 Å². The lowest BCUT2D eigenvalue weighted by atomic mass is 9.96. The predicted octanol–water partition coefficient (Wildman–Crippen LogP) is 5.55. The number of nitrogens with zero attached hydrogens (tertiary/aromatic N) is 1. The van der Waals surface area contributed by atoms with Gasteiger partial charge in [-0.15, -0.1) is 0 Å². The van der Waals surface area contributed by atoms with Gasteiger partial charge in [0.05, 0.1) is 25.1 Å². The number of rotatable bonds is 11. The number of ether oxygens (including phenoxy) is 2. The van der Waals surface area contributed by atoms with Crippen LogP contribution in [-0.2, 0) is 14.8 Å². The van der Waals surface area contributed by atoms with E-state index in [1.165, 1.54) is 0 Å². The minimum Gasteiger partial charge on any atom is -0.497 e. The Kier molecular flexibility index (Phi) is 8.98. The fourth-order valence-electron chi connectivity index (χ4n) is 3.97. The summed E-state index contributed by atoms with van der Waals surface area (Å²) in [4.78, 5) is 13.3. The highest BCUT2D eigenvalue weighted by molar-refractivity contribution is 7.92. The first kappa shape index (κ1) is 27.1. The number of benzene rings is 3. The van der Waals surface area contributed by atoms with Gasteiger partial charge in [-0.3, -0.25) is 9.10 Å². The van der Waals surface area contributed by atoms with Gasteiger partial charge in [0, 0.05) is 0 Å². The second-order valence-corrected chi connectivity index (χ2v) is 11.0. The van der Waals surface area contributed by atoms with Crippen LogP contribution in [0.5, 0.6) is 17.2 Å². The Balaban J connectivity index is 1.81. The van der Waals surface area contributed by atoms with Gasteiger partial charge in [-0.25, -0.2) is 8.42 Å². The molecule has 3 aromatic rings. The zero-order valence-electron chi connectivity index (χ0n) is 21.3. The Labute approximate surface area is 214 Å². The third-order valence-electron chi connectivity index (χ3n) is 5.70. The van der Waals surface area contributed by atoms with Gasteiger partial charge in [0.2, 0.25) is 15.9 Å². The average molecular weight is 511 g/mol. The van der Waals surface area contributed by atoms with Crippen LogP contribution in [0.2, 0.25) is 0 Å². The molecule has 0 radical (unpaired) electrons. The van der Waals surface area contributed by atoms with E-state index >= 15 is 0 Å². The van der Waals surface area contributed by atoms with Crippen molar-refractivity contribution < 1.29 is 22.7 Å². The number of carbonyl (C=O) groups excluding carboxylic acids is 1. The highest BCUT2D eigenvalue weighted by Gasteiger charge is 2.30. The SMILES string of the molecule is COc1ccc([C@H](CC(C)C)NC(=O)[C@H](C)N(c2ccc(Oc3ccccc3)cc2)S(C)(=O)=O)cc1. The normalized spacial score (nSPS) is 13.1. The summed E-state index contributed by atoms with van der Waals surface area (Å²) in [5, 5.41) is 3.06. The van der Waals surface area contributed by atoms with Crippen molar-refractivity contribution in [3.05, 3.63) is 84.4 Å². The molecule has 3 aromatic carbocycles. The van der Waals surface area contributed by atoms with Gasteiger partial charge in [-0.1, -0.05) is 44.2 Å². The molecule has 0 saturated heterocycles. The third-order valence-corrected chi connectivity index (χ3v) is 6.94. The van der Waals surface area contributed by atoms with Crippen LogP contribution in [-0.4, -0.2) is 33.7 Å². The summed E-state index contributed by atoms with van der Waals surface area (Å²) in [6.07, 6.45) is 1.80. The molecule has 7 nitrogen and oxygen atoms in total. The molecule has 0 bridgehead atoms. The van der Waals surface area contributed by atoms with Crippen molar-refractivity contribution in [2.75, 3.05) is 17.7 Å². The van der Waals surface area contributed by atoms with Crippen molar-refractivity contribution in [3.63, 3.8) is 0 Å². The van der Waals surface area contributed by atoms with E-state index in [0.29, 0.717) is 29.5 Å². The minimum atomic E-state index is -3.75. The number of anilines is 1. The highest BCUT2D eigenvalue weighted by Crippen LogP contribution is 2.28. The van der Waals surface area contributed by atoms with Crippen molar-refractivity contribution in [1.29, 1.82) is 0 Å². The first-order valence-electron chi connectivity index (χ1n) is 11.8. The maximum atomic E-state index is 13.3. The minimum absolute atomic E-state index is 0.270. The summed E-state index contributed by atoms with van der Waals surface area (Å²) in [6.45, 7) is 5.74. The van der Waals surface area contributed by atoms with E-state index in [1.54, 1.807) is 38.3 Å². The van der Waals surface area contributed by atoms with Gasteiger partial charge in [0.25, 0.3) is 0 Å². The summed E-state index contributed by atoms with van der Waals surface area (Å²) < 4.78 is 37.7. The molecule has 8 heteroatoms. The number of amides is 1. The Morgan fingerprint density at radius 3 is 1.94 bits per heavy atom. The molecule has 0 unspecified atom stereocenters. The summed E-state index contributed by atoms with van der Waals surface area (Å²) in [5.41, 5.74) is 1.31. The molecule has 0 aliphatic carbocycles. The van der Waals surface area contributed by atoms with Crippen molar-refractivity contribution in [1.82, 2.24) is 5.32 Å². The lowest BCUT2D eigenvalue weighted by Gasteiger charge is -2.30. The first-order chi connectivity index (χ1) is 17.1. The molecule has 0 spiro atoms. The van der Waals surface area contributed by atoms with Crippen LogP contribution in [0.3, 0.4) is 0 Å². The number of nitrogens with one attached hydrogen (secondary N) is 1. The van der Waals surface area contributed by atoms with Gasteiger partial charge in [0.1, 0.15) is 23.3 Å². The number of sulfonamides is 1. The van der Waals surface area contributed by atoms with Crippen molar-refractivity contribution in [2.45, 2.75) is 39.3 Å². The Hall–Kier alpha value is -3.52. The largest absolute Gasteiger partial charge is 0.497 e. The molecule has 36 heavy (non-hydrogen) atoms. The lowest BCUT2D eigenvalue weighted by molar-refractivity contribution is -0.122. The van der Waals surface area contributed by atoms with Gasteiger partial charge in [0.15, 0.2) is 0 Å². The number of hydrogen-bond acceptors (Lipinski definition) is 5. The molecule has 0 saturated carbocycles. The summed E-state index contributed by atoms with van der Waals surface area (Å²) >= 11 is 0. The zero-order valence-corrected chi connectivity index (χ0v) is 22.2. The maximum absolute atomic E-state index is 13.3. The fourth-order valence-corrected chi connectivity index (χ4v) is 5.15. The van der Waals surface area contributed by atoms with Crippen molar-refractivity contribution in [2.24, 2.45) is 5.92 Å². The van der Waals surface area contributed by atoms with Crippen LogP contribution in [0.1, 0.15) is 38.8 Å². The van der Waals surface area contributed by atoms with Crippen LogP contribution in [0.15, 0.2) is 78.9 Å². The van der Waals surface area contributed by atoms with Gasteiger partial charge in [-0.2, -0.15) is 0 Å². The molecule has 3 rings (SSSR count). The van der Waals surface area contributed by atoms with Crippen LogP contribution in [0.4, 0.5) is 5.69 Å². The monoisotopic (exact) mass is 510 g/mol. The Morgan fingerprint density at radius 2 is 1.42 bits per heavy atom. The van der Waals surface area contributed by atoms with Gasteiger partial charge in [-0.05, 0) is 73.4 Å². The Morgan fingerprint density at radius 1 is 0.861 bits per heavy atom. The molecule has 2 atom stereocenters. The van der Waals surface area contributed by atoms with Crippen LogP contribution in [0, 0.1) is 5.92 Å². The van der Waals surface area contributed by atoms with E-state index in [2.05, 4.69) is 19.2 Å². The smallest absolute Gasteiger partial charge is 0.244 e. The topological polar surface area (TPSA) is 84.9 Å². The van der Waals surface area contributed by atoms with Gasteiger partial charge >= 0.3 is 0 Å². The first-order valence-corrected chi connectivity index (χ1v) is 13.7. The van der Waals surface area contributed by atoms with Crippen LogP contribution in [0.25, 0.3) is 0 Å². The van der Waals surface area contributed by atoms with E-state index in [-0.39, 0.29) is 11.9 Å². The summed E-state index contributed by atoms with van der Waals surface area (Å²) in [6, 6.07) is 22.2. The van der Waals surface area contributed by atoms with E-state index in [4.69, 9.17) is 9.47 Å². The van der Waals surface area contributed by atoms with E-state index < -0.39 is 16.1 Å². The molecule has 1 amide bonds. The molecule has 0 heterocycles. The lowest BCUT2D eigenvalue weighted by Crippen LogP contribution is -2.48. The maximum Gasteiger partial charge on any atom is 0.244 e. The standard InChI is InChI=1S/C28H34N2O5S/c1-20(2)19-27(22-11-15-24(34-4)16-12-22)29-28(31)21(3)30(36(5,32)33)23-13-17-26(18-14-23)35-25-9-7-6-8-10-25/h6-18,20-21,27H,19H2,1-5H3,(H,29,31)/t21-,27-/m0/s1. The molecule has 0 aliphatic heterocycles. The summed E-state index contributed by atoms with van der Waals surface area (Å²) in [7, 11) is -2.15. The number of para-hydroxylation sites is 1. The number of carbonyl (C=O) groups is 1. The highest BCUT2D eigenvalue weighted by atomic mass is 32.2. The molecule has 0 aliphatic rings. The predicted molar refractivity (Wildman–Crippen MR) is 143 cm³/mol. The molecule has 1 N–H and O–H groups in total. The molecular weight excluding hydrogens is 476 g/mol. The average Bonchev–Trinajstić information content (AvgIpc) is 2.84. The Bertz CT molecular complexity index is 1230. The molecule has 0 fully saturated rings. The third kappa shape index (κ3) is 7.24. The van der Waals surface area contributed by atoms with Crippen molar-refractivity contribution >= 4 is 21.6 Å². The fraction of sp³-hybridized carbons (Fsp3) is 0.321. The number of methoxy groups -OCH3 is 1. The van der Waals surface area contributed by atoms with E-state index in [9.17, 15) is 13.2 Å². The second-order valence-electron chi connectivity index (χ2n) is 9.11. The van der Waals surface area contributed by atoms with Crippen LogP contribution >= 0.6 is 0 Å². The molecule has 192 valence electrons.